The van der Waals surface area contributed by atoms with Gasteiger partial charge in [0.2, 0.25) is 0 Å². The minimum absolute atomic E-state index is 0.196. The van der Waals surface area contributed by atoms with Gasteiger partial charge in [-0.25, -0.2) is 4.39 Å². The van der Waals surface area contributed by atoms with E-state index in [0.717, 1.165) is 18.5 Å². The second-order valence-corrected chi connectivity index (χ2v) is 5.21. The van der Waals surface area contributed by atoms with Crippen molar-refractivity contribution in [1.82, 2.24) is 10.6 Å². The number of hydrogen-bond donors (Lipinski definition) is 2. The van der Waals surface area contributed by atoms with Gasteiger partial charge >= 0.3 is 0 Å². The molecule has 1 heterocycles. The van der Waals surface area contributed by atoms with E-state index in [1.54, 1.807) is 13.0 Å². The summed E-state index contributed by atoms with van der Waals surface area (Å²) in [7, 11) is 0. The third kappa shape index (κ3) is 4.31. The molecule has 1 aliphatic heterocycles. The van der Waals surface area contributed by atoms with E-state index in [4.69, 9.17) is 0 Å². The van der Waals surface area contributed by atoms with Gasteiger partial charge in [-0.2, -0.15) is 0 Å². The summed E-state index contributed by atoms with van der Waals surface area (Å²) in [5, 5.41) is 6.29. The lowest BCUT2D eigenvalue weighted by atomic mass is 10.0. The summed E-state index contributed by atoms with van der Waals surface area (Å²) in [6, 6.07) is 4.91. The van der Waals surface area contributed by atoms with Crippen LogP contribution in [0, 0.1) is 12.7 Å². The quantitative estimate of drug-likeness (QED) is 0.876. The highest BCUT2D eigenvalue weighted by Crippen LogP contribution is 2.10. The van der Waals surface area contributed by atoms with Crippen LogP contribution >= 0.6 is 0 Å². The average Bonchev–Trinajstić information content (AvgIpc) is 2.38. The normalized spacial score (nSPS) is 19.2. The van der Waals surface area contributed by atoms with E-state index in [9.17, 15) is 9.18 Å². The highest BCUT2D eigenvalue weighted by molar-refractivity contribution is 5.94. The standard InChI is InChI=1S/C15H21FN2O/c1-11-8-12(10-13(16)9-11)15(19)18-7-5-14-4-2-3-6-17-14/h8-10,14,17H,2-7H2,1H3,(H,18,19). The fourth-order valence-corrected chi connectivity index (χ4v) is 2.50. The van der Waals surface area contributed by atoms with Gasteiger partial charge in [-0.1, -0.05) is 6.42 Å². The van der Waals surface area contributed by atoms with Crippen LogP contribution in [0.1, 0.15) is 41.6 Å². The third-order valence-electron chi connectivity index (χ3n) is 3.50. The fraction of sp³-hybridized carbons (Fsp3) is 0.533. The molecule has 1 atom stereocenters. The van der Waals surface area contributed by atoms with E-state index in [2.05, 4.69) is 10.6 Å². The molecule has 1 saturated heterocycles. The molecule has 0 aliphatic carbocycles. The van der Waals surface area contributed by atoms with Crippen LogP contribution in [0.4, 0.5) is 4.39 Å². The van der Waals surface area contributed by atoms with Crippen molar-refractivity contribution in [2.45, 2.75) is 38.6 Å². The largest absolute Gasteiger partial charge is 0.352 e. The molecular weight excluding hydrogens is 243 g/mol. The zero-order chi connectivity index (χ0) is 13.7. The fourth-order valence-electron chi connectivity index (χ4n) is 2.50. The van der Waals surface area contributed by atoms with Gasteiger partial charge in [0.25, 0.3) is 5.91 Å². The Balaban J connectivity index is 1.80. The lowest BCUT2D eigenvalue weighted by Crippen LogP contribution is -2.37. The van der Waals surface area contributed by atoms with Crippen molar-refractivity contribution in [2.24, 2.45) is 0 Å². The summed E-state index contributed by atoms with van der Waals surface area (Å²) in [6.07, 6.45) is 4.61. The number of aryl methyl sites for hydroxylation is 1. The van der Waals surface area contributed by atoms with Gasteiger partial charge < -0.3 is 10.6 Å². The first-order valence-electron chi connectivity index (χ1n) is 6.94. The average molecular weight is 264 g/mol. The van der Waals surface area contributed by atoms with Crippen LogP contribution in [-0.4, -0.2) is 25.0 Å². The lowest BCUT2D eigenvalue weighted by Gasteiger charge is -2.23. The maximum absolute atomic E-state index is 13.2. The van der Waals surface area contributed by atoms with E-state index < -0.39 is 0 Å². The van der Waals surface area contributed by atoms with Crippen LogP contribution in [0.3, 0.4) is 0 Å². The van der Waals surface area contributed by atoms with Gasteiger partial charge in [-0.05, 0) is 56.5 Å². The number of nitrogens with one attached hydrogen (secondary N) is 2. The highest BCUT2D eigenvalue weighted by atomic mass is 19.1. The highest BCUT2D eigenvalue weighted by Gasteiger charge is 2.13. The van der Waals surface area contributed by atoms with Crippen LogP contribution in [0.5, 0.6) is 0 Å². The molecule has 0 aromatic heterocycles. The van der Waals surface area contributed by atoms with Crippen LogP contribution in [0.2, 0.25) is 0 Å². The third-order valence-corrected chi connectivity index (χ3v) is 3.50. The van der Waals surface area contributed by atoms with E-state index >= 15 is 0 Å². The molecule has 1 fully saturated rings. The molecular formula is C15H21FN2O. The predicted octanol–water partition coefficient (Wildman–Crippen LogP) is 2.40. The summed E-state index contributed by atoms with van der Waals surface area (Å²) < 4.78 is 13.2. The van der Waals surface area contributed by atoms with Gasteiger partial charge in [-0.3, -0.25) is 4.79 Å². The number of benzene rings is 1. The lowest BCUT2D eigenvalue weighted by molar-refractivity contribution is 0.0951. The van der Waals surface area contributed by atoms with E-state index in [-0.39, 0.29) is 11.7 Å². The first-order valence-corrected chi connectivity index (χ1v) is 6.94. The first-order chi connectivity index (χ1) is 9.15. The minimum atomic E-state index is -0.362. The Morgan fingerprint density at radius 3 is 2.95 bits per heavy atom. The molecule has 1 unspecified atom stereocenters. The first kappa shape index (κ1) is 14.0. The second-order valence-electron chi connectivity index (χ2n) is 5.21. The Kier molecular flexibility index (Phi) is 4.91. The molecule has 1 aromatic carbocycles. The number of amides is 1. The number of rotatable bonds is 4. The Bertz CT molecular complexity index is 422. The minimum Gasteiger partial charge on any atom is -0.352 e. The predicted molar refractivity (Wildman–Crippen MR) is 73.7 cm³/mol. The summed E-state index contributed by atoms with van der Waals surface area (Å²) in [6.45, 7) is 3.49. The van der Waals surface area contributed by atoms with E-state index in [1.165, 1.54) is 31.4 Å². The van der Waals surface area contributed by atoms with Crippen molar-refractivity contribution >= 4 is 5.91 Å². The van der Waals surface area contributed by atoms with Crippen molar-refractivity contribution in [2.75, 3.05) is 13.1 Å². The van der Waals surface area contributed by atoms with E-state index in [1.807, 2.05) is 0 Å². The van der Waals surface area contributed by atoms with Crippen LogP contribution < -0.4 is 10.6 Å². The number of hydrogen-bond acceptors (Lipinski definition) is 2. The monoisotopic (exact) mass is 264 g/mol. The summed E-state index contributed by atoms with van der Waals surface area (Å²) in [4.78, 5) is 11.9. The molecule has 0 bridgehead atoms. The molecule has 3 nitrogen and oxygen atoms in total. The van der Waals surface area contributed by atoms with Crippen LogP contribution in [0.25, 0.3) is 0 Å². The Hall–Kier alpha value is -1.42. The molecule has 2 N–H and O–H groups in total. The number of halogens is 1. The van der Waals surface area contributed by atoms with Gasteiger partial charge in [0.15, 0.2) is 0 Å². The van der Waals surface area contributed by atoms with Gasteiger partial charge in [0.05, 0.1) is 0 Å². The number of piperidine rings is 1. The van der Waals surface area contributed by atoms with Crippen molar-refractivity contribution < 1.29 is 9.18 Å². The van der Waals surface area contributed by atoms with Crippen molar-refractivity contribution in [3.8, 4) is 0 Å². The molecule has 1 aromatic rings. The summed E-state index contributed by atoms with van der Waals surface area (Å²) >= 11 is 0. The Morgan fingerprint density at radius 2 is 2.26 bits per heavy atom. The van der Waals surface area contributed by atoms with Crippen molar-refractivity contribution in [3.63, 3.8) is 0 Å². The van der Waals surface area contributed by atoms with Crippen LogP contribution in [-0.2, 0) is 0 Å². The molecule has 0 radical (unpaired) electrons. The van der Waals surface area contributed by atoms with Gasteiger partial charge in [0, 0.05) is 18.2 Å². The topological polar surface area (TPSA) is 41.1 Å². The number of carbonyl (C=O) groups excluding carboxylic acids is 1. The maximum Gasteiger partial charge on any atom is 0.251 e. The Labute approximate surface area is 113 Å². The summed E-state index contributed by atoms with van der Waals surface area (Å²) in [5.41, 5.74) is 1.16. The second kappa shape index (κ2) is 6.66. The smallest absolute Gasteiger partial charge is 0.251 e. The number of carbonyl (C=O) groups is 1. The molecule has 0 spiro atoms. The molecule has 4 heteroatoms. The molecule has 2 rings (SSSR count). The van der Waals surface area contributed by atoms with Crippen molar-refractivity contribution in [3.05, 3.63) is 35.1 Å². The molecule has 0 saturated carbocycles. The SMILES string of the molecule is Cc1cc(F)cc(C(=O)NCCC2CCCCN2)c1. The molecule has 1 amide bonds. The van der Waals surface area contributed by atoms with Crippen LogP contribution in [0.15, 0.2) is 18.2 Å². The summed E-state index contributed by atoms with van der Waals surface area (Å²) in [5.74, 6) is -0.558. The van der Waals surface area contributed by atoms with Crippen molar-refractivity contribution in [1.29, 1.82) is 0 Å². The molecule has 19 heavy (non-hydrogen) atoms. The maximum atomic E-state index is 13.2. The van der Waals surface area contributed by atoms with Gasteiger partial charge in [-0.15, -0.1) is 0 Å². The zero-order valence-corrected chi connectivity index (χ0v) is 11.3. The molecule has 1 aliphatic rings. The Morgan fingerprint density at radius 1 is 1.42 bits per heavy atom. The zero-order valence-electron chi connectivity index (χ0n) is 11.3. The van der Waals surface area contributed by atoms with Gasteiger partial charge in [0.1, 0.15) is 5.82 Å². The van der Waals surface area contributed by atoms with E-state index in [0.29, 0.717) is 18.2 Å². The molecule has 104 valence electrons.